The number of benzene rings is 1. The fourth-order valence-electron chi connectivity index (χ4n) is 1.82. The van der Waals surface area contributed by atoms with Gasteiger partial charge in [0.05, 0.1) is 5.56 Å². The molecular weight excluding hydrogens is 232 g/mol. The minimum atomic E-state index is -1.01. The first kappa shape index (κ1) is 12.4. The van der Waals surface area contributed by atoms with Gasteiger partial charge in [0.2, 0.25) is 0 Å². The van der Waals surface area contributed by atoms with Crippen LogP contribution in [0, 0.1) is 5.92 Å². The Kier molecular flexibility index (Phi) is 3.50. The molecule has 2 amide bonds. The lowest BCUT2D eigenvalue weighted by Crippen LogP contribution is -2.37. The lowest BCUT2D eigenvalue weighted by molar-refractivity contribution is 0.0697. The number of rotatable bonds is 4. The van der Waals surface area contributed by atoms with E-state index in [0.717, 1.165) is 12.8 Å². The molecule has 0 heterocycles. The third kappa shape index (κ3) is 3.23. The lowest BCUT2D eigenvalue weighted by atomic mass is 10.2. The van der Waals surface area contributed by atoms with Crippen LogP contribution in [-0.4, -0.2) is 23.1 Å². The fraction of sp³-hybridized carbons (Fsp3) is 0.385. The van der Waals surface area contributed by atoms with E-state index in [-0.39, 0.29) is 17.6 Å². The summed E-state index contributed by atoms with van der Waals surface area (Å²) in [5, 5.41) is 14.3. The molecular formula is C13H16N2O3. The van der Waals surface area contributed by atoms with Crippen LogP contribution >= 0.6 is 0 Å². The number of aromatic carboxylic acids is 1. The van der Waals surface area contributed by atoms with Gasteiger partial charge in [-0.3, -0.25) is 0 Å². The first-order chi connectivity index (χ1) is 8.56. The molecule has 0 bridgehead atoms. The van der Waals surface area contributed by atoms with Crippen molar-refractivity contribution in [1.82, 2.24) is 5.32 Å². The summed E-state index contributed by atoms with van der Waals surface area (Å²) in [6.07, 6.45) is 2.33. The molecule has 2 rings (SSSR count). The molecule has 1 atom stereocenters. The van der Waals surface area contributed by atoms with Crippen LogP contribution in [0.5, 0.6) is 0 Å². The van der Waals surface area contributed by atoms with E-state index in [2.05, 4.69) is 10.6 Å². The normalized spacial score (nSPS) is 15.8. The number of carboxylic acid groups (broad SMARTS) is 1. The van der Waals surface area contributed by atoms with Crippen molar-refractivity contribution in [3.8, 4) is 0 Å². The Morgan fingerprint density at radius 2 is 2.11 bits per heavy atom. The molecule has 1 aliphatic rings. The van der Waals surface area contributed by atoms with Crippen molar-refractivity contribution in [3.63, 3.8) is 0 Å². The number of nitrogens with one attached hydrogen (secondary N) is 2. The molecule has 0 spiro atoms. The molecule has 5 nitrogen and oxygen atoms in total. The van der Waals surface area contributed by atoms with E-state index in [0.29, 0.717) is 11.6 Å². The fourth-order valence-corrected chi connectivity index (χ4v) is 1.82. The number of urea groups is 1. The van der Waals surface area contributed by atoms with Crippen molar-refractivity contribution in [2.45, 2.75) is 25.8 Å². The van der Waals surface area contributed by atoms with Crippen LogP contribution in [-0.2, 0) is 0 Å². The number of amides is 2. The van der Waals surface area contributed by atoms with Gasteiger partial charge in [0.25, 0.3) is 0 Å². The molecule has 5 heteroatoms. The molecule has 1 aromatic carbocycles. The first-order valence-corrected chi connectivity index (χ1v) is 5.97. The standard InChI is InChI=1S/C13H16N2O3/c1-8(9-5-6-9)14-13(18)15-11-4-2-3-10(7-11)12(16)17/h2-4,7-9H,5-6H2,1H3,(H,16,17)(H2,14,15,18). The van der Waals surface area contributed by atoms with Gasteiger partial charge in [-0.05, 0) is 43.9 Å². The van der Waals surface area contributed by atoms with Gasteiger partial charge < -0.3 is 15.7 Å². The monoisotopic (exact) mass is 248 g/mol. The van der Waals surface area contributed by atoms with Crippen molar-refractivity contribution in [2.24, 2.45) is 5.92 Å². The van der Waals surface area contributed by atoms with E-state index in [1.807, 2.05) is 6.92 Å². The largest absolute Gasteiger partial charge is 0.478 e. The van der Waals surface area contributed by atoms with Gasteiger partial charge in [-0.1, -0.05) is 6.07 Å². The lowest BCUT2D eigenvalue weighted by Gasteiger charge is -2.13. The molecule has 0 saturated heterocycles. The topological polar surface area (TPSA) is 78.4 Å². The summed E-state index contributed by atoms with van der Waals surface area (Å²) >= 11 is 0. The number of carboxylic acids is 1. The zero-order valence-corrected chi connectivity index (χ0v) is 10.1. The quantitative estimate of drug-likeness (QED) is 0.765. The van der Waals surface area contributed by atoms with Crippen LogP contribution in [0.25, 0.3) is 0 Å². The maximum atomic E-state index is 11.7. The summed E-state index contributed by atoms with van der Waals surface area (Å²) in [7, 11) is 0. The molecule has 1 aromatic rings. The molecule has 1 unspecified atom stereocenters. The highest BCUT2D eigenvalue weighted by molar-refractivity contribution is 5.93. The number of hydrogen-bond donors (Lipinski definition) is 3. The highest BCUT2D eigenvalue weighted by atomic mass is 16.4. The van der Waals surface area contributed by atoms with Gasteiger partial charge in [-0.2, -0.15) is 0 Å². The number of carbonyl (C=O) groups excluding carboxylic acids is 1. The minimum absolute atomic E-state index is 0.156. The molecule has 1 fully saturated rings. The van der Waals surface area contributed by atoms with Crippen molar-refractivity contribution in [2.75, 3.05) is 5.32 Å². The van der Waals surface area contributed by atoms with Crippen LogP contribution in [0.1, 0.15) is 30.1 Å². The second-order valence-electron chi connectivity index (χ2n) is 4.61. The summed E-state index contributed by atoms with van der Waals surface area (Å²) in [4.78, 5) is 22.5. The Morgan fingerprint density at radius 1 is 1.39 bits per heavy atom. The molecule has 96 valence electrons. The molecule has 1 saturated carbocycles. The molecule has 18 heavy (non-hydrogen) atoms. The van der Waals surface area contributed by atoms with E-state index < -0.39 is 5.97 Å². The minimum Gasteiger partial charge on any atom is -0.478 e. The average molecular weight is 248 g/mol. The Morgan fingerprint density at radius 3 is 2.72 bits per heavy atom. The van der Waals surface area contributed by atoms with Gasteiger partial charge in [-0.25, -0.2) is 9.59 Å². The Bertz CT molecular complexity index is 469. The Hall–Kier alpha value is -2.04. The highest BCUT2D eigenvalue weighted by Crippen LogP contribution is 2.32. The molecule has 0 aromatic heterocycles. The van der Waals surface area contributed by atoms with Crippen molar-refractivity contribution in [3.05, 3.63) is 29.8 Å². The molecule has 3 N–H and O–H groups in total. The van der Waals surface area contributed by atoms with Crippen molar-refractivity contribution in [1.29, 1.82) is 0 Å². The predicted octanol–water partition coefficient (Wildman–Crippen LogP) is 2.30. The van der Waals surface area contributed by atoms with Crippen LogP contribution < -0.4 is 10.6 Å². The van der Waals surface area contributed by atoms with E-state index in [1.165, 1.54) is 12.1 Å². The second kappa shape index (κ2) is 5.08. The summed E-state index contributed by atoms with van der Waals surface area (Å²) in [6, 6.07) is 6.05. The van der Waals surface area contributed by atoms with Crippen LogP contribution in [0.3, 0.4) is 0 Å². The SMILES string of the molecule is CC(NC(=O)Nc1cccc(C(=O)O)c1)C1CC1. The maximum absolute atomic E-state index is 11.7. The molecule has 0 radical (unpaired) electrons. The van der Waals surface area contributed by atoms with Gasteiger partial charge in [-0.15, -0.1) is 0 Å². The summed E-state index contributed by atoms with van der Waals surface area (Å²) < 4.78 is 0. The van der Waals surface area contributed by atoms with Crippen LogP contribution in [0.4, 0.5) is 10.5 Å². The van der Waals surface area contributed by atoms with Gasteiger partial charge in [0, 0.05) is 11.7 Å². The Labute approximate surface area is 105 Å². The number of anilines is 1. The van der Waals surface area contributed by atoms with E-state index in [4.69, 9.17) is 5.11 Å². The zero-order chi connectivity index (χ0) is 13.1. The van der Waals surface area contributed by atoms with Gasteiger partial charge >= 0.3 is 12.0 Å². The third-order valence-electron chi connectivity index (χ3n) is 3.06. The number of hydrogen-bond acceptors (Lipinski definition) is 2. The highest BCUT2D eigenvalue weighted by Gasteiger charge is 2.28. The second-order valence-corrected chi connectivity index (χ2v) is 4.61. The number of carbonyl (C=O) groups is 2. The summed E-state index contributed by atoms with van der Waals surface area (Å²) in [6.45, 7) is 1.98. The smallest absolute Gasteiger partial charge is 0.335 e. The molecule has 0 aliphatic heterocycles. The van der Waals surface area contributed by atoms with Crippen molar-refractivity contribution >= 4 is 17.7 Å². The summed E-state index contributed by atoms with van der Waals surface area (Å²) in [5.74, 6) is -0.425. The maximum Gasteiger partial charge on any atom is 0.335 e. The third-order valence-corrected chi connectivity index (χ3v) is 3.06. The van der Waals surface area contributed by atoms with E-state index >= 15 is 0 Å². The van der Waals surface area contributed by atoms with E-state index in [1.54, 1.807) is 12.1 Å². The van der Waals surface area contributed by atoms with Crippen LogP contribution in [0.2, 0.25) is 0 Å². The van der Waals surface area contributed by atoms with Gasteiger partial charge in [0.15, 0.2) is 0 Å². The van der Waals surface area contributed by atoms with Crippen LogP contribution in [0.15, 0.2) is 24.3 Å². The van der Waals surface area contributed by atoms with Gasteiger partial charge in [0.1, 0.15) is 0 Å². The van der Waals surface area contributed by atoms with E-state index in [9.17, 15) is 9.59 Å². The predicted molar refractivity (Wildman–Crippen MR) is 67.7 cm³/mol. The molecule has 1 aliphatic carbocycles. The zero-order valence-electron chi connectivity index (χ0n) is 10.1. The van der Waals surface area contributed by atoms with Crippen molar-refractivity contribution < 1.29 is 14.7 Å². The first-order valence-electron chi connectivity index (χ1n) is 5.97. The Balaban J connectivity index is 1.93. The average Bonchev–Trinajstić information content (AvgIpc) is 3.12. The summed E-state index contributed by atoms with van der Waals surface area (Å²) in [5.41, 5.74) is 0.637.